The van der Waals surface area contributed by atoms with E-state index in [2.05, 4.69) is 11.6 Å². The van der Waals surface area contributed by atoms with E-state index in [9.17, 15) is 4.39 Å². The molecule has 1 heterocycles. The van der Waals surface area contributed by atoms with Gasteiger partial charge in [-0.15, -0.1) is 0 Å². The van der Waals surface area contributed by atoms with Gasteiger partial charge in [0.05, 0.1) is 11.4 Å². The highest BCUT2D eigenvalue weighted by Crippen LogP contribution is 2.12. The second-order valence-electron chi connectivity index (χ2n) is 2.60. The van der Waals surface area contributed by atoms with E-state index in [-0.39, 0.29) is 17.6 Å². The van der Waals surface area contributed by atoms with Crippen molar-refractivity contribution in [1.82, 2.24) is 4.98 Å². The zero-order valence-corrected chi connectivity index (χ0v) is 6.92. The Bertz CT molecular complexity index is 295. The van der Waals surface area contributed by atoms with Crippen molar-refractivity contribution in [2.45, 2.75) is 13.0 Å². The molecule has 0 spiro atoms. The zero-order chi connectivity index (χ0) is 9.14. The van der Waals surface area contributed by atoms with Crippen LogP contribution >= 0.6 is 0 Å². The van der Waals surface area contributed by atoms with Crippen molar-refractivity contribution in [1.29, 1.82) is 0 Å². The summed E-state index contributed by atoms with van der Waals surface area (Å²) in [7, 11) is 0. The van der Waals surface area contributed by atoms with Gasteiger partial charge >= 0.3 is 0 Å². The molecule has 0 fully saturated rings. The lowest BCUT2D eigenvalue weighted by molar-refractivity contribution is 0.578. The van der Waals surface area contributed by atoms with Gasteiger partial charge in [-0.2, -0.15) is 0 Å². The highest BCUT2D eigenvalue weighted by molar-refractivity contribution is 5.41. The van der Waals surface area contributed by atoms with Crippen molar-refractivity contribution in [3.63, 3.8) is 0 Å². The smallest absolute Gasteiger partial charge is 0.146 e. The summed E-state index contributed by atoms with van der Waals surface area (Å²) in [4.78, 5) is 3.97. The Kier molecular flexibility index (Phi) is 2.55. The summed E-state index contributed by atoms with van der Waals surface area (Å²) in [5.41, 5.74) is 6.43. The second kappa shape index (κ2) is 3.45. The number of nitrogens with zero attached hydrogens (tertiary/aromatic N) is 1. The monoisotopic (exact) mass is 166 g/mol. The molecule has 2 nitrogen and oxygen atoms in total. The van der Waals surface area contributed by atoms with Crippen LogP contribution in [0.1, 0.15) is 24.4 Å². The topological polar surface area (TPSA) is 38.9 Å². The van der Waals surface area contributed by atoms with Crippen LogP contribution in [0.25, 0.3) is 6.08 Å². The number of hydrogen-bond donors (Lipinski definition) is 1. The Balaban J connectivity index is 3.16. The molecule has 1 rings (SSSR count). The molecule has 0 aliphatic carbocycles. The summed E-state index contributed by atoms with van der Waals surface area (Å²) in [5, 5.41) is 0. The van der Waals surface area contributed by atoms with Crippen LogP contribution in [0.2, 0.25) is 0 Å². The summed E-state index contributed by atoms with van der Waals surface area (Å²) in [5.74, 6) is -0.365. The molecule has 0 aromatic carbocycles. The van der Waals surface area contributed by atoms with Gasteiger partial charge in [0.1, 0.15) is 5.82 Å². The average molecular weight is 166 g/mol. The molecular formula is C9H11FN2. The SMILES string of the molecule is C=Cc1ccc(F)c(C(C)N)n1. The molecule has 0 radical (unpaired) electrons. The van der Waals surface area contributed by atoms with Crippen LogP contribution in [0.15, 0.2) is 18.7 Å². The van der Waals surface area contributed by atoms with Gasteiger partial charge in [-0.1, -0.05) is 6.58 Å². The van der Waals surface area contributed by atoms with Crippen molar-refractivity contribution < 1.29 is 4.39 Å². The van der Waals surface area contributed by atoms with Gasteiger partial charge in [-0.05, 0) is 25.1 Å². The Labute approximate surface area is 70.9 Å². The molecule has 2 N–H and O–H groups in total. The Morgan fingerprint density at radius 2 is 2.33 bits per heavy atom. The van der Waals surface area contributed by atoms with Crippen LogP contribution in [0, 0.1) is 5.82 Å². The molecule has 3 heteroatoms. The largest absolute Gasteiger partial charge is 0.323 e. The predicted molar refractivity (Wildman–Crippen MR) is 46.9 cm³/mol. The first-order chi connectivity index (χ1) is 5.65. The second-order valence-corrected chi connectivity index (χ2v) is 2.60. The third-order valence-electron chi connectivity index (χ3n) is 1.54. The minimum atomic E-state index is -0.384. The van der Waals surface area contributed by atoms with Crippen molar-refractivity contribution in [2.24, 2.45) is 5.73 Å². The van der Waals surface area contributed by atoms with Crippen molar-refractivity contribution in [3.8, 4) is 0 Å². The number of pyridine rings is 1. The molecule has 0 saturated heterocycles. The summed E-state index contributed by atoms with van der Waals surface area (Å²) in [6, 6.07) is 2.53. The van der Waals surface area contributed by atoms with Crippen LogP contribution in [-0.4, -0.2) is 4.98 Å². The molecule has 1 unspecified atom stereocenters. The summed E-state index contributed by atoms with van der Waals surface area (Å²) in [6.07, 6.45) is 1.56. The number of nitrogens with two attached hydrogens (primary N) is 1. The fraction of sp³-hybridized carbons (Fsp3) is 0.222. The van der Waals surface area contributed by atoms with Crippen molar-refractivity contribution in [2.75, 3.05) is 0 Å². The van der Waals surface area contributed by atoms with Crippen molar-refractivity contribution in [3.05, 3.63) is 35.9 Å². The van der Waals surface area contributed by atoms with E-state index in [1.165, 1.54) is 6.07 Å². The summed E-state index contributed by atoms with van der Waals surface area (Å²) >= 11 is 0. The molecular weight excluding hydrogens is 155 g/mol. The zero-order valence-electron chi connectivity index (χ0n) is 6.92. The van der Waals surface area contributed by atoms with Gasteiger partial charge in [0.25, 0.3) is 0 Å². The van der Waals surface area contributed by atoms with Gasteiger partial charge in [-0.3, -0.25) is 0 Å². The summed E-state index contributed by atoms with van der Waals surface area (Å²) in [6.45, 7) is 5.23. The number of hydrogen-bond acceptors (Lipinski definition) is 2. The number of rotatable bonds is 2. The maximum Gasteiger partial charge on any atom is 0.146 e. The molecule has 64 valence electrons. The normalized spacial score (nSPS) is 12.6. The maximum atomic E-state index is 13.0. The van der Waals surface area contributed by atoms with E-state index in [4.69, 9.17) is 5.73 Å². The molecule has 1 aromatic heterocycles. The first-order valence-corrected chi connectivity index (χ1v) is 3.69. The molecule has 0 amide bonds. The Hall–Kier alpha value is -1.22. The van der Waals surface area contributed by atoms with Crippen LogP contribution in [-0.2, 0) is 0 Å². The van der Waals surface area contributed by atoms with E-state index in [0.29, 0.717) is 5.69 Å². The van der Waals surface area contributed by atoms with Gasteiger partial charge in [0, 0.05) is 6.04 Å². The van der Waals surface area contributed by atoms with Gasteiger partial charge in [0.15, 0.2) is 0 Å². The fourth-order valence-corrected chi connectivity index (χ4v) is 0.907. The first kappa shape index (κ1) is 8.87. The molecule has 0 bridgehead atoms. The quantitative estimate of drug-likeness (QED) is 0.728. The molecule has 0 saturated carbocycles. The maximum absolute atomic E-state index is 13.0. The third-order valence-corrected chi connectivity index (χ3v) is 1.54. The third kappa shape index (κ3) is 1.68. The molecule has 1 atom stereocenters. The van der Waals surface area contributed by atoms with E-state index < -0.39 is 0 Å². The Morgan fingerprint density at radius 1 is 1.67 bits per heavy atom. The minimum Gasteiger partial charge on any atom is -0.323 e. The lowest BCUT2D eigenvalue weighted by Crippen LogP contribution is -2.10. The van der Waals surface area contributed by atoms with Crippen molar-refractivity contribution >= 4 is 6.08 Å². The average Bonchev–Trinajstić information content (AvgIpc) is 2.05. The van der Waals surface area contributed by atoms with Gasteiger partial charge in [-0.25, -0.2) is 9.37 Å². The summed E-state index contributed by atoms with van der Waals surface area (Å²) < 4.78 is 13.0. The van der Waals surface area contributed by atoms with Gasteiger partial charge in [0.2, 0.25) is 0 Å². The van der Waals surface area contributed by atoms with E-state index in [1.54, 1.807) is 19.1 Å². The lowest BCUT2D eigenvalue weighted by atomic mass is 10.2. The highest BCUT2D eigenvalue weighted by Gasteiger charge is 2.07. The molecule has 1 aromatic rings. The lowest BCUT2D eigenvalue weighted by Gasteiger charge is -2.06. The standard InChI is InChI=1S/C9H11FN2/c1-3-7-4-5-8(10)9(12-7)6(2)11/h3-6H,1,11H2,2H3. The fourth-order valence-electron chi connectivity index (χ4n) is 0.907. The molecule has 0 aliphatic rings. The van der Waals surface area contributed by atoms with E-state index in [1.807, 2.05) is 0 Å². The molecule has 0 aliphatic heterocycles. The van der Waals surface area contributed by atoms with Crippen LogP contribution in [0.4, 0.5) is 4.39 Å². The minimum absolute atomic E-state index is 0.285. The van der Waals surface area contributed by atoms with Crippen LogP contribution in [0.3, 0.4) is 0 Å². The predicted octanol–water partition coefficient (Wildman–Crippen LogP) is 1.88. The van der Waals surface area contributed by atoms with Crippen LogP contribution < -0.4 is 5.73 Å². The first-order valence-electron chi connectivity index (χ1n) is 3.69. The Morgan fingerprint density at radius 3 is 2.83 bits per heavy atom. The van der Waals surface area contributed by atoms with Crippen LogP contribution in [0.5, 0.6) is 0 Å². The van der Waals surface area contributed by atoms with E-state index in [0.717, 1.165) is 0 Å². The highest BCUT2D eigenvalue weighted by atomic mass is 19.1. The number of aromatic nitrogens is 1. The van der Waals surface area contributed by atoms with E-state index >= 15 is 0 Å². The van der Waals surface area contributed by atoms with Gasteiger partial charge < -0.3 is 5.73 Å². The number of halogens is 1. The molecule has 12 heavy (non-hydrogen) atoms.